The summed E-state index contributed by atoms with van der Waals surface area (Å²) in [6.07, 6.45) is 0. The van der Waals surface area contributed by atoms with Gasteiger partial charge in [-0.1, -0.05) is 17.7 Å². The number of nitrogens with one attached hydrogen (secondary N) is 2. The Morgan fingerprint density at radius 1 is 1.50 bits per heavy atom. The van der Waals surface area contributed by atoms with Gasteiger partial charge in [-0.25, -0.2) is 0 Å². The van der Waals surface area contributed by atoms with Gasteiger partial charge in [0.1, 0.15) is 6.04 Å². The van der Waals surface area contributed by atoms with E-state index in [0.29, 0.717) is 6.54 Å². The van der Waals surface area contributed by atoms with Crippen LogP contribution in [-0.4, -0.2) is 12.5 Å². The zero-order valence-corrected chi connectivity index (χ0v) is 10.9. The van der Waals surface area contributed by atoms with Gasteiger partial charge in [0.2, 0.25) is 5.91 Å². The number of benzene rings is 1. The van der Waals surface area contributed by atoms with Gasteiger partial charge in [0.05, 0.1) is 12.0 Å². The molecular weight excluding hydrogens is 226 g/mol. The monoisotopic (exact) mass is 243 g/mol. The summed E-state index contributed by atoms with van der Waals surface area (Å²) >= 11 is 0. The van der Waals surface area contributed by atoms with Crippen LogP contribution in [0.3, 0.4) is 0 Å². The standard InChI is InChI=1S/C14H17N3O/c1-8-4-10(3)12-11(5-8)13(14(18)17-12)16-7-9(2)6-15/h4-5,9,13,16H,7H2,1-3H3,(H,17,18). The minimum Gasteiger partial charge on any atom is -0.324 e. The molecule has 94 valence electrons. The molecule has 4 heteroatoms. The summed E-state index contributed by atoms with van der Waals surface area (Å²) in [5, 5.41) is 14.8. The van der Waals surface area contributed by atoms with Crippen molar-refractivity contribution in [3.05, 3.63) is 28.8 Å². The predicted octanol–water partition coefficient (Wildman–Crippen LogP) is 2.05. The summed E-state index contributed by atoms with van der Waals surface area (Å²) < 4.78 is 0. The highest BCUT2D eigenvalue weighted by Crippen LogP contribution is 2.34. The number of hydrogen-bond acceptors (Lipinski definition) is 3. The number of amides is 1. The molecule has 0 bridgehead atoms. The summed E-state index contributed by atoms with van der Waals surface area (Å²) in [5.41, 5.74) is 4.12. The lowest BCUT2D eigenvalue weighted by atomic mass is 10.0. The van der Waals surface area contributed by atoms with E-state index >= 15 is 0 Å². The average molecular weight is 243 g/mol. The normalized spacial score (nSPS) is 19.0. The van der Waals surface area contributed by atoms with Crippen molar-refractivity contribution in [3.8, 4) is 6.07 Å². The molecule has 0 spiro atoms. The largest absolute Gasteiger partial charge is 0.324 e. The van der Waals surface area contributed by atoms with E-state index in [2.05, 4.69) is 22.8 Å². The number of hydrogen-bond donors (Lipinski definition) is 2. The molecule has 18 heavy (non-hydrogen) atoms. The van der Waals surface area contributed by atoms with Crippen LogP contribution in [0.25, 0.3) is 0 Å². The highest BCUT2D eigenvalue weighted by Gasteiger charge is 2.31. The zero-order chi connectivity index (χ0) is 13.3. The second-order valence-electron chi connectivity index (χ2n) is 4.91. The number of carbonyl (C=O) groups is 1. The van der Waals surface area contributed by atoms with E-state index in [1.807, 2.05) is 26.8 Å². The number of nitrogens with zero attached hydrogens (tertiary/aromatic N) is 1. The molecule has 0 saturated carbocycles. The fourth-order valence-corrected chi connectivity index (χ4v) is 2.28. The van der Waals surface area contributed by atoms with E-state index in [0.717, 1.165) is 22.4 Å². The van der Waals surface area contributed by atoms with Crippen LogP contribution in [0.1, 0.15) is 29.7 Å². The van der Waals surface area contributed by atoms with E-state index in [1.165, 1.54) is 0 Å². The summed E-state index contributed by atoms with van der Waals surface area (Å²) in [7, 11) is 0. The maximum absolute atomic E-state index is 11.9. The van der Waals surface area contributed by atoms with Gasteiger partial charge in [-0.05, 0) is 26.3 Å². The summed E-state index contributed by atoms with van der Waals surface area (Å²) in [4.78, 5) is 11.9. The number of fused-ring (bicyclic) bond motifs is 1. The van der Waals surface area contributed by atoms with Gasteiger partial charge in [-0.3, -0.25) is 4.79 Å². The van der Waals surface area contributed by atoms with E-state index in [-0.39, 0.29) is 17.9 Å². The highest BCUT2D eigenvalue weighted by atomic mass is 16.2. The van der Waals surface area contributed by atoms with Crippen molar-refractivity contribution >= 4 is 11.6 Å². The average Bonchev–Trinajstić information content (AvgIpc) is 2.63. The van der Waals surface area contributed by atoms with Crippen molar-refractivity contribution in [2.75, 3.05) is 11.9 Å². The first-order valence-corrected chi connectivity index (χ1v) is 6.08. The molecular formula is C14H17N3O. The lowest BCUT2D eigenvalue weighted by Crippen LogP contribution is -2.30. The maximum atomic E-state index is 11.9. The minimum atomic E-state index is -0.339. The fraction of sp³-hybridized carbons (Fsp3) is 0.429. The summed E-state index contributed by atoms with van der Waals surface area (Å²) in [6.45, 7) is 6.36. The van der Waals surface area contributed by atoms with Gasteiger partial charge in [-0.2, -0.15) is 5.26 Å². The van der Waals surface area contributed by atoms with Crippen molar-refractivity contribution in [1.82, 2.24) is 5.32 Å². The molecule has 2 rings (SSSR count). The first kappa shape index (κ1) is 12.6. The van der Waals surface area contributed by atoms with E-state index in [4.69, 9.17) is 5.26 Å². The molecule has 0 aromatic heterocycles. The van der Waals surface area contributed by atoms with Crippen LogP contribution in [-0.2, 0) is 4.79 Å². The minimum absolute atomic E-state index is 0.0381. The highest BCUT2D eigenvalue weighted by molar-refractivity contribution is 6.03. The zero-order valence-electron chi connectivity index (χ0n) is 10.9. The van der Waals surface area contributed by atoms with Gasteiger partial charge in [0, 0.05) is 17.8 Å². The molecule has 1 aromatic rings. The van der Waals surface area contributed by atoms with Crippen LogP contribution in [0, 0.1) is 31.1 Å². The second kappa shape index (κ2) is 4.79. The van der Waals surface area contributed by atoms with Crippen molar-refractivity contribution in [2.24, 2.45) is 5.92 Å². The molecule has 4 nitrogen and oxygen atoms in total. The summed E-state index contributed by atoms with van der Waals surface area (Å²) in [6, 6.07) is 5.90. The number of nitriles is 1. The topological polar surface area (TPSA) is 64.9 Å². The lowest BCUT2D eigenvalue weighted by Gasteiger charge is -2.13. The van der Waals surface area contributed by atoms with Gasteiger partial charge in [0.25, 0.3) is 0 Å². The van der Waals surface area contributed by atoms with Gasteiger partial charge in [0.15, 0.2) is 0 Å². The quantitative estimate of drug-likeness (QED) is 0.854. The summed E-state index contributed by atoms with van der Waals surface area (Å²) in [5.74, 6) is -0.142. The SMILES string of the molecule is Cc1cc(C)c2c(c1)C(NCC(C)C#N)C(=O)N2. The smallest absolute Gasteiger partial charge is 0.246 e. The van der Waals surface area contributed by atoms with Crippen LogP contribution in [0.5, 0.6) is 0 Å². The Balaban J connectivity index is 2.25. The van der Waals surface area contributed by atoms with Crippen molar-refractivity contribution < 1.29 is 4.79 Å². The molecule has 2 N–H and O–H groups in total. The lowest BCUT2D eigenvalue weighted by molar-refractivity contribution is -0.117. The Labute approximate surface area is 107 Å². The van der Waals surface area contributed by atoms with Crippen molar-refractivity contribution in [1.29, 1.82) is 5.26 Å². The van der Waals surface area contributed by atoms with Crippen LogP contribution in [0.2, 0.25) is 0 Å². The molecule has 1 heterocycles. The van der Waals surface area contributed by atoms with Crippen LogP contribution >= 0.6 is 0 Å². The molecule has 0 saturated heterocycles. The van der Waals surface area contributed by atoms with Crippen LogP contribution in [0.15, 0.2) is 12.1 Å². The van der Waals surface area contributed by atoms with Gasteiger partial charge in [-0.15, -0.1) is 0 Å². The molecule has 0 aliphatic carbocycles. The van der Waals surface area contributed by atoms with E-state index < -0.39 is 0 Å². The van der Waals surface area contributed by atoms with E-state index in [9.17, 15) is 4.79 Å². The fourth-order valence-electron chi connectivity index (χ4n) is 2.28. The number of aryl methyl sites for hydroxylation is 2. The third-order valence-corrected chi connectivity index (χ3v) is 3.18. The molecule has 0 fully saturated rings. The molecule has 2 unspecified atom stereocenters. The van der Waals surface area contributed by atoms with Crippen LogP contribution < -0.4 is 10.6 Å². The maximum Gasteiger partial charge on any atom is 0.246 e. The third-order valence-electron chi connectivity index (χ3n) is 3.18. The Morgan fingerprint density at radius 2 is 2.22 bits per heavy atom. The predicted molar refractivity (Wildman–Crippen MR) is 70.1 cm³/mol. The third kappa shape index (κ3) is 2.22. The second-order valence-corrected chi connectivity index (χ2v) is 4.91. The van der Waals surface area contributed by atoms with Crippen molar-refractivity contribution in [3.63, 3.8) is 0 Å². The molecule has 1 aliphatic rings. The van der Waals surface area contributed by atoms with Gasteiger partial charge < -0.3 is 10.6 Å². The van der Waals surface area contributed by atoms with Crippen LogP contribution in [0.4, 0.5) is 5.69 Å². The Morgan fingerprint density at radius 3 is 2.89 bits per heavy atom. The van der Waals surface area contributed by atoms with E-state index in [1.54, 1.807) is 0 Å². The number of rotatable bonds is 3. The molecule has 1 amide bonds. The van der Waals surface area contributed by atoms with Gasteiger partial charge >= 0.3 is 0 Å². The molecule has 0 radical (unpaired) electrons. The number of anilines is 1. The van der Waals surface area contributed by atoms with Crippen molar-refractivity contribution in [2.45, 2.75) is 26.8 Å². The Hall–Kier alpha value is -1.86. The molecule has 1 aliphatic heterocycles. The first-order chi connectivity index (χ1) is 8.52. The number of carbonyl (C=O) groups excluding carboxylic acids is 1. The Kier molecular flexibility index (Phi) is 3.35. The molecule has 1 aromatic carbocycles. The Bertz CT molecular complexity index is 531. The molecule has 2 atom stereocenters. The first-order valence-electron chi connectivity index (χ1n) is 6.08.